The molecule has 0 aromatic heterocycles. The van der Waals surface area contributed by atoms with E-state index in [0.717, 1.165) is 29.4 Å². The van der Waals surface area contributed by atoms with Crippen molar-refractivity contribution in [3.8, 4) is 0 Å². The summed E-state index contributed by atoms with van der Waals surface area (Å²) in [7, 11) is -3.64. The molecule has 0 saturated heterocycles. The third kappa shape index (κ3) is 5.60. The van der Waals surface area contributed by atoms with Crippen molar-refractivity contribution < 1.29 is 13.2 Å². The van der Waals surface area contributed by atoms with Gasteiger partial charge in [0.15, 0.2) is 0 Å². The predicted molar refractivity (Wildman–Crippen MR) is 120 cm³/mol. The van der Waals surface area contributed by atoms with Gasteiger partial charge in [0, 0.05) is 0 Å². The van der Waals surface area contributed by atoms with Gasteiger partial charge in [-0.15, -0.1) is 0 Å². The van der Waals surface area contributed by atoms with E-state index in [-0.39, 0.29) is 11.9 Å². The van der Waals surface area contributed by atoms with Gasteiger partial charge in [0.2, 0.25) is 15.9 Å². The molecule has 0 aliphatic carbocycles. The van der Waals surface area contributed by atoms with Crippen molar-refractivity contribution in [2.75, 3.05) is 10.6 Å². The SMILES string of the molecule is CCC(NC(=O)C(CC)N(c1ccc(C)cc1)S(C)(=O)=O)c1ccc(C)cc1C. The number of sulfonamides is 1. The van der Waals surface area contributed by atoms with E-state index in [0.29, 0.717) is 12.1 Å². The van der Waals surface area contributed by atoms with Gasteiger partial charge in [-0.3, -0.25) is 9.10 Å². The minimum absolute atomic E-state index is 0.170. The molecule has 2 rings (SSSR count). The highest BCUT2D eigenvalue weighted by atomic mass is 32.2. The van der Waals surface area contributed by atoms with E-state index in [2.05, 4.69) is 11.4 Å². The lowest BCUT2D eigenvalue weighted by Crippen LogP contribution is -2.50. The maximum atomic E-state index is 13.2. The third-order valence-electron chi connectivity index (χ3n) is 5.14. The Labute approximate surface area is 175 Å². The molecule has 0 aliphatic heterocycles. The van der Waals surface area contributed by atoms with Gasteiger partial charge >= 0.3 is 0 Å². The molecule has 1 amide bonds. The first kappa shape index (κ1) is 22.9. The highest BCUT2D eigenvalue weighted by molar-refractivity contribution is 7.92. The van der Waals surface area contributed by atoms with Crippen LogP contribution in [0.4, 0.5) is 5.69 Å². The van der Waals surface area contributed by atoms with Crippen molar-refractivity contribution in [1.29, 1.82) is 0 Å². The van der Waals surface area contributed by atoms with Crippen LogP contribution in [0, 0.1) is 20.8 Å². The lowest BCUT2D eigenvalue weighted by molar-refractivity contribution is -0.123. The average molecular weight is 417 g/mol. The zero-order chi connectivity index (χ0) is 21.8. The summed E-state index contributed by atoms with van der Waals surface area (Å²) in [6, 6.07) is 12.4. The number of amides is 1. The maximum absolute atomic E-state index is 13.2. The molecule has 2 atom stereocenters. The topological polar surface area (TPSA) is 66.5 Å². The average Bonchev–Trinajstić information content (AvgIpc) is 2.64. The molecule has 2 aromatic rings. The van der Waals surface area contributed by atoms with Gasteiger partial charge in [0.1, 0.15) is 6.04 Å². The number of carbonyl (C=O) groups is 1. The Morgan fingerprint density at radius 2 is 1.55 bits per heavy atom. The molecule has 0 heterocycles. The number of aryl methyl sites for hydroxylation is 3. The Morgan fingerprint density at radius 3 is 2.03 bits per heavy atom. The van der Waals surface area contributed by atoms with Crippen molar-refractivity contribution in [3.63, 3.8) is 0 Å². The van der Waals surface area contributed by atoms with Crippen molar-refractivity contribution in [2.24, 2.45) is 0 Å². The molecule has 0 spiro atoms. The molecule has 6 heteroatoms. The maximum Gasteiger partial charge on any atom is 0.244 e. The number of hydrogen-bond donors (Lipinski definition) is 1. The molecule has 2 aromatic carbocycles. The molecule has 1 N–H and O–H groups in total. The summed E-state index contributed by atoms with van der Waals surface area (Å²) in [4.78, 5) is 13.2. The van der Waals surface area contributed by atoms with E-state index in [4.69, 9.17) is 0 Å². The highest BCUT2D eigenvalue weighted by Gasteiger charge is 2.32. The first-order valence-electron chi connectivity index (χ1n) is 10.0. The minimum Gasteiger partial charge on any atom is -0.347 e. The molecule has 0 bridgehead atoms. The number of nitrogens with zero attached hydrogens (tertiary/aromatic N) is 1. The second-order valence-electron chi connectivity index (χ2n) is 7.65. The van der Waals surface area contributed by atoms with Crippen LogP contribution in [0.5, 0.6) is 0 Å². The van der Waals surface area contributed by atoms with E-state index in [1.807, 2.05) is 58.9 Å². The summed E-state index contributed by atoms with van der Waals surface area (Å²) in [5.41, 5.74) is 4.87. The molecule has 5 nitrogen and oxygen atoms in total. The second-order valence-corrected chi connectivity index (χ2v) is 9.51. The van der Waals surface area contributed by atoms with E-state index in [1.165, 1.54) is 9.87 Å². The predicted octanol–water partition coefficient (Wildman–Crippen LogP) is 4.42. The molecule has 0 radical (unpaired) electrons. The van der Waals surface area contributed by atoms with Gasteiger partial charge in [-0.05, 0) is 56.9 Å². The normalized spacial score (nSPS) is 13.6. The summed E-state index contributed by atoms with van der Waals surface area (Å²) >= 11 is 0. The number of anilines is 1. The van der Waals surface area contributed by atoms with Crippen molar-refractivity contribution in [1.82, 2.24) is 5.32 Å². The molecule has 0 aliphatic rings. The van der Waals surface area contributed by atoms with Gasteiger partial charge in [0.25, 0.3) is 0 Å². The standard InChI is InChI=1S/C23H32N2O3S/c1-7-21(20-14-11-17(4)15-18(20)5)24-23(26)22(8-2)25(29(6,27)28)19-12-9-16(3)10-13-19/h9-15,21-22H,7-8H2,1-6H3,(H,24,26). The molecule has 0 saturated carbocycles. The van der Waals surface area contributed by atoms with Crippen LogP contribution in [0.15, 0.2) is 42.5 Å². The first-order valence-corrected chi connectivity index (χ1v) is 11.9. The molecule has 158 valence electrons. The Kier molecular flexibility index (Phi) is 7.47. The van der Waals surface area contributed by atoms with E-state index < -0.39 is 16.1 Å². The van der Waals surface area contributed by atoms with E-state index in [1.54, 1.807) is 12.1 Å². The Morgan fingerprint density at radius 1 is 0.966 bits per heavy atom. The van der Waals surface area contributed by atoms with Crippen LogP contribution >= 0.6 is 0 Å². The lowest BCUT2D eigenvalue weighted by Gasteiger charge is -2.31. The Hall–Kier alpha value is -2.34. The van der Waals surface area contributed by atoms with Gasteiger partial charge in [0.05, 0.1) is 18.0 Å². The van der Waals surface area contributed by atoms with Gasteiger partial charge < -0.3 is 5.32 Å². The molecule has 2 unspecified atom stereocenters. The van der Waals surface area contributed by atoms with Crippen molar-refractivity contribution >= 4 is 21.6 Å². The van der Waals surface area contributed by atoms with Crippen LogP contribution in [0.25, 0.3) is 0 Å². The Balaban J connectivity index is 2.36. The lowest BCUT2D eigenvalue weighted by atomic mass is 9.97. The van der Waals surface area contributed by atoms with Crippen molar-refractivity contribution in [3.05, 3.63) is 64.7 Å². The number of nitrogens with one attached hydrogen (secondary N) is 1. The molecular formula is C23H32N2O3S. The van der Waals surface area contributed by atoms with Crippen LogP contribution < -0.4 is 9.62 Å². The zero-order valence-electron chi connectivity index (χ0n) is 18.2. The fourth-order valence-corrected chi connectivity index (χ4v) is 4.85. The summed E-state index contributed by atoms with van der Waals surface area (Å²) < 4.78 is 26.4. The van der Waals surface area contributed by atoms with Gasteiger partial charge in [-0.2, -0.15) is 0 Å². The summed E-state index contributed by atoms with van der Waals surface area (Å²) in [6.07, 6.45) is 2.23. The van der Waals surface area contributed by atoms with Crippen LogP contribution in [-0.2, 0) is 14.8 Å². The van der Waals surface area contributed by atoms with Crippen LogP contribution in [0.3, 0.4) is 0 Å². The minimum atomic E-state index is -3.64. The van der Waals surface area contributed by atoms with Crippen LogP contribution in [0.2, 0.25) is 0 Å². The van der Waals surface area contributed by atoms with Gasteiger partial charge in [-0.1, -0.05) is 55.3 Å². The third-order valence-corrected chi connectivity index (χ3v) is 6.32. The number of hydrogen-bond acceptors (Lipinski definition) is 3. The van der Waals surface area contributed by atoms with Crippen LogP contribution in [-0.4, -0.2) is 26.6 Å². The van der Waals surface area contributed by atoms with Crippen LogP contribution in [0.1, 0.15) is 55.0 Å². The number of carbonyl (C=O) groups excluding carboxylic acids is 1. The molecule has 0 fully saturated rings. The zero-order valence-corrected chi connectivity index (χ0v) is 19.0. The second kappa shape index (κ2) is 9.44. The van der Waals surface area contributed by atoms with Gasteiger partial charge in [-0.25, -0.2) is 8.42 Å². The quantitative estimate of drug-likeness (QED) is 0.692. The highest BCUT2D eigenvalue weighted by Crippen LogP contribution is 2.25. The van der Waals surface area contributed by atoms with E-state index >= 15 is 0 Å². The first-order chi connectivity index (χ1) is 13.6. The van der Waals surface area contributed by atoms with Crippen molar-refractivity contribution in [2.45, 2.75) is 59.5 Å². The summed E-state index contributed by atoms with van der Waals surface area (Å²) in [5.74, 6) is -0.287. The molecule has 29 heavy (non-hydrogen) atoms. The Bertz CT molecular complexity index is 953. The number of benzene rings is 2. The van der Waals surface area contributed by atoms with E-state index in [9.17, 15) is 13.2 Å². The largest absolute Gasteiger partial charge is 0.347 e. The fraction of sp³-hybridized carbons (Fsp3) is 0.435. The summed E-state index contributed by atoms with van der Waals surface area (Å²) in [5, 5.41) is 3.08. The molecular weight excluding hydrogens is 384 g/mol. The monoisotopic (exact) mass is 416 g/mol. The number of rotatable bonds is 8. The summed E-state index contributed by atoms with van der Waals surface area (Å²) in [6.45, 7) is 9.85. The smallest absolute Gasteiger partial charge is 0.244 e. The fourth-order valence-electron chi connectivity index (χ4n) is 3.64.